The van der Waals surface area contributed by atoms with E-state index in [4.69, 9.17) is 9.47 Å². The topological polar surface area (TPSA) is 47.6 Å². The van der Waals surface area contributed by atoms with Gasteiger partial charge < -0.3 is 14.8 Å². The molecule has 1 aliphatic rings. The van der Waals surface area contributed by atoms with Crippen LogP contribution in [0.25, 0.3) is 0 Å². The first-order valence-electron chi connectivity index (χ1n) is 6.44. The summed E-state index contributed by atoms with van der Waals surface area (Å²) in [7, 11) is 1.39. The summed E-state index contributed by atoms with van der Waals surface area (Å²) in [6.45, 7) is 2.74. The number of carbonyl (C=O) groups excluding carboxylic acids is 1. The maximum atomic E-state index is 11.5. The predicted molar refractivity (Wildman–Crippen MR) is 74.3 cm³/mol. The fraction of sp³-hybridized carbons (Fsp3) is 0.400. The summed E-state index contributed by atoms with van der Waals surface area (Å²) >= 11 is 0. The molecule has 2 rings (SSSR count). The minimum atomic E-state index is -0.320. The van der Waals surface area contributed by atoms with E-state index >= 15 is 0 Å². The summed E-state index contributed by atoms with van der Waals surface area (Å²) in [4.78, 5) is 11.5. The van der Waals surface area contributed by atoms with E-state index in [2.05, 4.69) is 5.32 Å². The lowest BCUT2D eigenvalue weighted by Gasteiger charge is -2.21. The molecule has 1 unspecified atom stereocenters. The molecule has 0 aliphatic carbocycles. The standard InChI is InChI=1S/C15H19NO3/c1-11-6-7-12(15(17)18-2)9-14(11)16-10-13-5-3-4-8-19-13/h4,6-9,13,16H,3,5,10H2,1-2H3. The van der Waals surface area contributed by atoms with Gasteiger partial charge in [0.2, 0.25) is 0 Å². The van der Waals surface area contributed by atoms with Gasteiger partial charge in [-0.25, -0.2) is 4.79 Å². The number of carbonyl (C=O) groups is 1. The van der Waals surface area contributed by atoms with Gasteiger partial charge in [-0.05, 0) is 43.5 Å². The van der Waals surface area contributed by atoms with Gasteiger partial charge in [0.15, 0.2) is 0 Å². The van der Waals surface area contributed by atoms with Crippen molar-refractivity contribution in [2.24, 2.45) is 0 Å². The Morgan fingerprint density at radius 3 is 3.05 bits per heavy atom. The number of esters is 1. The van der Waals surface area contributed by atoms with Gasteiger partial charge in [0.05, 0.1) is 25.5 Å². The molecule has 1 aromatic carbocycles. The van der Waals surface area contributed by atoms with E-state index in [0.717, 1.165) is 30.6 Å². The highest BCUT2D eigenvalue weighted by Gasteiger charge is 2.12. The third kappa shape index (κ3) is 3.50. The third-order valence-electron chi connectivity index (χ3n) is 3.20. The molecule has 19 heavy (non-hydrogen) atoms. The molecule has 0 bridgehead atoms. The van der Waals surface area contributed by atoms with Gasteiger partial charge in [0.1, 0.15) is 6.10 Å². The molecule has 4 nitrogen and oxygen atoms in total. The number of hydrogen-bond acceptors (Lipinski definition) is 4. The van der Waals surface area contributed by atoms with Crippen molar-refractivity contribution >= 4 is 11.7 Å². The van der Waals surface area contributed by atoms with Crippen LogP contribution in [0.4, 0.5) is 5.69 Å². The lowest BCUT2D eigenvalue weighted by atomic mass is 10.1. The second-order valence-corrected chi connectivity index (χ2v) is 4.61. The normalized spacial score (nSPS) is 17.7. The molecule has 1 N–H and O–H groups in total. The van der Waals surface area contributed by atoms with E-state index in [0.29, 0.717) is 5.56 Å². The van der Waals surface area contributed by atoms with Gasteiger partial charge in [-0.3, -0.25) is 0 Å². The zero-order valence-corrected chi connectivity index (χ0v) is 11.3. The smallest absolute Gasteiger partial charge is 0.337 e. The number of methoxy groups -OCH3 is 1. The van der Waals surface area contributed by atoms with E-state index in [-0.39, 0.29) is 12.1 Å². The highest BCUT2D eigenvalue weighted by atomic mass is 16.5. The molecule has 1 atom stereocenters. The predicted octanol–water partition coefficient (Wildman–Crippen LogP) is 2.89. The Morgan fingerprint density at radius 1 is 1.53 bits per heavy atom. The number of nitrogens with one attached hydrogen (secondary N) is 1. The first-order chi connectivity index (χ1) is 9.20. The lowest BCUT2D eigenvalue weighted by molar-refractivity contribution is 0.0601. The van der Waals surface area contributed by atoms with Crippen LogP contribution in [0, 0.1) is 6.92 Å². The molecule has 0 spiro atoms. The first-order valence-corrected chi connectivity index (χ1v) is 6.44. The summed E-state index contributed by atoms with van der Waals surface area (Å²) in [5, 5.41) is 3.34. The number of benzene rings is 1. The average Bonchev–Trinajstić information content (AvgIpc) is 2.46. The number of allylic oxidation sites excluding steroid dienone is 1. The van der Waals surface area contributed by atoms with E-state index in [1.54, 1.807) is 12.3 Å². The fourth-order valence-corrected chi connectivity index (χ4v) is 2.02. The van der Waals surface area contributed by atoms with Crippen LogP contribution in [0.15, 0.2) is 30.5 Å². The van der Waals surface area contributed by atoms with Crippen LogP contribution < -0.4 is 5.32 Å². The Labute approximate surface area is 113 Å². The molecule has 1 aromatic rings. The van der Waals surface area contributed by atoms with Gasteiger partial charge in [0.25, 0.3) is 0 Å². The Morgan fingerprint density at radius 2 is 2.37 bits per heavy atom. The molecule has 0 aromatic heterocycles. The number of rotatable bonds is 4. The number of aryl methyl sites for hydroxylation is 1. The molecule has 0 fully saturated rings. The maximum Gasteiger partial charge on any atom is 0.337 e. The Bertz CT molecular complexity index is 482. The Balaban J connectivity index is 2.02. The summed E-state index contributed by atoms with van der Waals surface area (Å²) in [6.07, 6.45) is 6.03. The molecule has 0 amide bonds. The third-order valence-corrected chi connectivity index (χ3v) is 3.20. The Kier molecular flexibility index (Phi) is 4.44. The quantitative estimate of drug-likeness (QED) is 0.847. The fourth-order valence-electron chi connectivity index (χ4n) is 2.02. The summed E-state index contributed by atoms with van der Waals surface area (Å²) in [5.74, 6) is -0.320. The van der Waals surface area contributed by atoms with Crippen molar-refractivity contribution in [1.29, 1.82) is 0 Å². The zero-order valence-electron chi connectivity index (χ0n) is 11.3. The highest BCUT2D eigenvalue weighted by molar-refractivity contribution is 5.90. The molecule has 1 aliphatic heterocycles. The van der Waals surface area contributed by atoms with Gasteiger partial charge in [-0.1, -0.05) is 6.07 Å². The molecular weight excluding hydrogens is 242 g/mol. The maximum absolute atomic E-state index is 11.5. The van der Waals surface area contributed by atoms with Crippen molar-refractivity contribution in [1.82, 2.24) is 0 Å². The average molecular weight is 261 g/mol. The van der Waals surface area contributed by atoms with E-state index in [9.17, 15) is 4.79 Å². The lowest BCUT2D eigenvalue weighted by Crippen LogP contribution is -2.23. The van der Waals surface area contributed by atoms with Crippen LogP contribution in [-0.4, -0.2) is 25.7 Å². The minimum absolute atomic E-state index is 0.186. The molecule has 0 saturated carbocycles. The minimum Gasteiger partial charge on any atom is -0.497 e. The van der Waals surface area contributed by atoms with Gasteiger partial charge in [-0.15, -0.1) is 0 Å². The van der Waals surface area contributed by atoms with Gasteiger partial charge in [0, 0.05) is 5.69 Å². The van der Waals surface area contributed by atoms with Crippen LogP contribution >= 0.6 is 0 Å². The summed E-state index contributed by atoms with van der Waals surface area (Å²) < 4.78 is 10.2. The molecule has 1 heterocycles. The van der Waals surface area contributed by atoms with Crippen LogP contribution in [0.5, 0.6) is 0 Å². The van der Waals surface area contributed by atoms with Gasteiger partial charge >= 0.3 is 5.97 Å². The van der Waals surface area contributed by atoms with Crippen molar-refractivity contribution in [3.63, 3.8) is 0 Å². The van der Waals surface area contributed by atoms with E-state index < -0.39 is 0 Å². The van der Waals surface area contributed by atoms with Gasteiger partial charge in [-0.2, -0.15) is 0 Å². The highest BCUT2D eigenvalue weighted by Crippen LogP contribution is 2.19. The van der Waals surface area contributed by atoms with E-state index in [1.807, 2.05) is 25.1 Å². The van der Waals surface area contributed by atoms with Crippen molar-refractivity contribution in [2.45, 2.75) is 25.9 Å². The van der Waals surface area contributed by atoms with Crippen LogP contribution in [-0.2, 0) is 9.47 Å². The molecule has 4 heteroatoms. The molecule has 102 valence electrons. The van der Waals surface area contributed by atoms with Crippen LogP contribution in [0.1, 0.15) is 28.8 Å². The zero-order chi connectivity index (χ0) is 13.7. The molecule has 0 saturated heterocycles. The second-order valence-electron chi connectivity index (χ2n) is 4.61. The second kappa shape index (κ2) is 6.27. The van der Waals surface area contributed by atoms with Crippen LogP contribution in [0.3, 0.4) is 0 Å². The largest absolute Gasteiger partial charge is 0.497 e. The molecule has 0 radical (unpaired) electrons. The van der Waals surface area contributed by atoms with Crippen molar-refractivity contribution in [3.8, 4) is 0 Å². The summed E-state index contributed by atoms with van der Waals surface area (Å²) in [5.41, 5.74) is 2.60. The summed E-state index contributed by atoms with van der Waals surface area (Å²) in [6, 6.07) is 5.50. The van der Waals surface area contributed by atoms with Crippen molar-refractivity contribution in [2.75, 3.05) is 19.0 Å². The number of ether oxygens (including phenoxy) is 2. The number of hydrogen-bond donors (Lipinski definition) is 1. The van der Waals surface area contributed by atoms with E-state index in [1.165, 1.54) is 7.11 Å². The monoisotopic (exact) mass is 261 g/mol. The number of anilines is 1. The van der Waals surface area contributed by atoms with Crippen LogP contribution in [0.2, 0.25) is 0 Å². The van der Waals surface area contributed by atoms with Crippen molar-refractivity contribution < 1.29 is 14.3 Å². The Hall–Kier alpha value is -1.97. The SMILES string of the molecule is COC(=O)c1ccc(C)c(NCC2CCC=CO2)c1. The first kappa shape index (κ1) is 13.5. The molecular formula is C15H19NO3. The van der Waals surface area contributed by atoms with Crippen molar-refractivity contribution in [3.05, 3.63) is 41.7 Å².